The molecule has 3 rings (SSSR count). The lowest BCUT2D eigenvalue weighted by Gasteiger charge is -2.26. The summed E-state index contributed by atoms with van der Waals surface area (Å²) in [5, 5.41) is 13.0. The van der Waals surface area contributed by atoms with Gasteiger partial charge in [0.05, 0.1) is 17.5 Å². The van der Waals surface area contributed by atoms with Crippen molar-refractivity contribution in [1.82, 2.24) is 4.90 Å². The van der Waals surface area contributed by atoms with E-state index in [-0.39, 0.29) is 18.1 Å². The molecule has 1 aliphatic heterocycles. The Morgan fingerprint density at radius 2 is 2.00 bits per heavy atom. The Hall–Kier alpha value is -1.75. The fourth-order valence-electron chi connectivity index (χ4n) is 3.69. The van der Waals surface area contributed by atoms with Crippen LogP contribution < -0.4 is 10.2 Å². The Morgan fingerprint density at radius 1 is 1.26 bits per heavy atom. The highest BCUT2D eigenvalue weighted by atomic mass is 16.3. The predicted octanol–water partition coefficient (Wildman–Crippen LogP) is 2.91. The van der Waals surface area contributed by atoms with E-state index in [2.05, 4.69) is 16.3 Å². The van der Waals surface area contributed by atoms with E-state index in [1.807, 2.05) is 18.2 Å². The molecule has 1 saturated carbocycles. The summed E-state index contributed by atoms with van der Waals surface area (Å²) in [5.41, 5.74) is 1.98. The Labute approximate surface area is 138 Å². The molecule has 1 saturated heterocycles. The fourth-order valence-corrected chi connectivity index (χ4v) is 3.69. The molecule has 0 aromatic heterocycles. The van der Waals surface area contributed by atoms with Crippen molar-refractivity contribution in [2.75, 3.05) is 36.9 Å². The van der Waals surface area contributed by atoms with Crippen LogP contribution in [0.25, 0.3) is 0 Å². The molecule has 1 heterocycles. The number of amides is 2. The van der Waals surface area contributed by atoms with Gasteiger partial charge >= 0.3 is 6.03 Å². The first-order valence-corrected chi connectivity index (χ1v) is 8.69. The lowest BCUT2D eigenvalue weighted by molar-refractivity contribution is 0.116. The zero-order valence-corrected chi connectivity index (χ0v) is 13.9. The van der Waals surface area contributed by atoms with Gasteiger partial charge in [-0.25, -0.2) is 4.79 Å². The van der Waals surface area contributed by atoms with E-state index in [1.54, 1.807) is 11.9 Å². The normalized spacial score (nSPS) is 24.0. The van der Waals surface area contributed by atoms with Crippen molar-refractivity contribution in [3.05, 3.63) is 24.3 Å². The summed E-state index contributed by atoms with van der Waals surface area (Å²) in [6.45, 7) is 2.72. The van der Waals surface area contributed by atoms with Crippen LogP contribution in [0.3, 0.4) is 0 Å². The van der Waals surface area contributed by atoms with Crippen LogP contribution in [0.4, 0.5) is 16.2 Å². The van der Waals surface area contributed by atoms with Gasteiger partial charge in [-0.2, -0.15) is 0 Å². The number of hydrogen-bond donors (Lipinski definition) is 2. The van der Waals surface area contributed by atoms with Crippen molar-refractivity contribution >= 4 is 17.4 Å². The summed E-state index contributed by atoms with van der Waals surface area (Å²) in [6.07, 6.45) is 5.08. The molecule has 126 valence electrons. The first-order chi connectivity index (χ1) is 11.1. The summed E-state index contributed by atoms with van der Waals surface area (Å²) >= 11 is 0. The number of anilines is 2. The molecule has 5 nitrogen and oxygen atoms in total. The monoisotopic (exact) mass is 317 g/mol. The van der Waals surface area contributed by atoms with Crippen LogP contribution in [0.2, 0.25) is 0 Å². The quantitative estimate of drug-likeness (QED) is 0.898. The molecule has 0 spiro atoms. The van der Waals surface area contributed by atoms with Gasteiger partial charge < -0.3 is 20.2 Å². The highest BCUT2D eigenvalue weighted by molar-refractivity contribution is 5.93. The first kappa shape index (κ1) is 16.1. The molecule has 2 fully saturated rings. The van der Waals surface area contributed by atoms with Gasteiger partial charge in [0, 0.05) is 32.6 Å². The molecule has 1 aromatic carbocycles. The van der Waals surface area contributed by atoms with Crippen molar-refractivity contribution in [3.63, 3.8) is 0 Å². The standard InChI is InChI=1S/C18H27N3O2/c1-20(13-14-7-6-10-17(14)22)18(23)19-15-8-2-3-9-16(15)21-11-4-5-12-21/h2-3,8-9,14,17,22H,4-7,10-13H2,1H3,(H,19,23). The summed E-state index contributed by atoms with van der Waals surface area (Å²) in [7, 11) is 1.80. The van der Waals surface area contributed by atoms with E-state index < -0.39 is 0 Å². The minimum atomic E-state index is -0.262. The second-order valence-electron chi connectivity index (χ2n) is 6.78. The van der Waals surface area contributed by atoms with Crippen molar-refractivity contribution in [2.24, 2.45) is 5.92 Å². The van der Waals surface area contributed by atoms with Crippen LogP contribution in [0.15, 0.2) is 24.3 Å². The minimum Gasteiger partial charge on any atom is -0.393 e. The summed E-state index contributed by atoms with van der Waals surface area (Å²) < 4.78 is 0. The first-order valence-electron chi connectivity index (χ1n) is 8.69. The maximum absolute atomic E-state index is 12.5. The molecule has 5 heteroatoms. The number of rotatable bonds is 4. The van der Waals surface area contributed by atoms with Crippen LogP contribution in [-0.2, 0) is 0 Å². The van der Waals surface area contributed by atoms with Crippen LogP contribution >= 0.6 is 0 Å². The topological polar surface area (TPSA) is 55.8 Å². The van der Waals surface area contributed by atoms with Crippen LogP contribution in [0.5, 0.6) is 0 Å². The molecular formula is C18H27N3O2. The third-order valence-electron chi connectivity index (χ3n) is 5.07. The Morgan fingerprint density at radius 3 is 2.70 bits per heavy atom. The number of aliphatic hydroxyl groups is 1. The Balaban J connectivity index is 1.63. The third-order valence-corrected chi connectivity index (χ3v) is 5.07. The van der Waals surface area contributed by atoms with Crippen LogP contribution in [0.1, 0.15) is 32.1 Å². The third kappa shape index (κ3) is 3.78. The van der Waals surface area contributed by atoms with Gasteiger partial charge in [0.25, 0.3) is 0 Å². The number of aliphatic hydroxyl groups excluding tert-OH is 1. The highest BCUT2D eigenvalue weighted by Crippen LogP contribution is 2.29. The molecule has 2 aliphatic rings. The van der Waals surface area contributed by atoms with Crippen molar-refractivity contribution in [3.8, 4) is 0 Å². The number of carbonyl (C=O) groups is 1. The molecular weight excluding hydrogens is 290 g/mol. The predicted molar refractivity (Wildman–Crippen MR) is 92.9 cm³/mol. The number of hydrogen-bond acceptors (Lipinski definition) is 3. The number of nitrogens with one attached hydrogen (secondary N) is 1. The molecule has 1 aliphatic carbocycles. The van der Waals surface area contributed by atoms with Gasteiger partial charge in [-0.15, -0.1) is 0 Å². The second-order valence-corrected chi connectivity index (χ2v) is 6.78. The fraction of sp³-hybridized carbons (Fsp3) is 0.611. The lowest BCUT2D eigenvalue weighted by atomic mass is 10.1. The average Bonchev–Trinajstić information content (AvgIpc) is 3.20. The molecule has 0 radical (unpaired) electrons. The molecule has 0 bridgehead atoms. The maximum Gasteiger partial charge on any atom is 0.321 e. The van der Waals surface area contributed by atoms with E-state index in [0.29, 0.717) is 6.54 Å². The summed E-state index contributed by atoms with van der Waals surface area (Å²) in [4.78, 5) is 16.5. The van der Waals surface area contributed by atoms with E-state index >= 15 is 0 Å². The average molecular weight is 317 g/mol. The van der Waals surface area contributed by atoms with Crippen LogP contribution in [-0.4, -0.2) is 48.8 Å². The molecule has 1 aromatic rings. The SMILES string of the molecule is CN(CC1CCCC1O)C(=O)Nc1ccccc1N1CCCC1. The largest absolute Gasteiger partial charge is 0.393 e. The Kier molecular flexibility index (Phi) is 5.06. The zero-order valence-electron chi connectivity index (χ0n) is 13.9. The van der Waals surface area contributed by atoms with Crippen molar-refractivity contribution in [2.45, 2.75) is 38.2 Å². The Bertz CT molecular complexity index is 543. The molecule has 2 atom stereocenters. The van der Waals surface area contributed by atoms with Gasteiger partial charge in [0.1, 0.15) is 0 Å². The number of benzene rings is 1. The van der Waals surface area contributed by atoms with E-state index in [1.165, 1.54) is 12.8 Å². The van der Waals surface area contributed by atoms with Gasteiger partial charge in [-0.1, -0.05) is 18.6 Å². The zero-order chi connectivity index (χ0) is 16.2. The van der Waals surface area contributed by atoms with E-state index in [0.717, 1.165) is 43.7 Å². The van der Waals surface area contributed by atoms with Crippen molar-refractivity contribution < 1.29 is 9.90 Å². The minimum absolute atomic E-state index is 0.101. The van der Waals surface area contributed by atoms with Gasteiger partial charge in [0.2, 0.25) is 0 Å². The van der Waals surface area contributed by atoms with Crippen molar-refractivity contribution in [1.29, 1.82) is 0 Å². The van der Waals surface area contributed by atoms with E-state index in [4.69, 9.17) is 0 Å². The van der Waals surface area contributed by atoms with Crippen LogP contribution in [0, 0.1) is 5.92 Å². The van der Waals surface area contributed by atoms with E-state index in [9.17, 15) is 9.90 Å². The number of urea groups is 1. The molecule has 23 heavy (non-hydrogen) atoms. The van der Waals surface area contributed by atoms with Gasteiger partial charge in [-0.3, -0.25) is 0 Å². The molecule has 2 unspecified atom stereocenters. The molecule has 2 amide bonds. The smallest absolute Gasteiger partial charge is 0.321 e. The number of para-hydroxylation sites is 2. The van der Waals surface area contributed by atoms with Gasteiger partial charge in [-0.05, 0) is 37.8 Å². The van der Waals surface area contributed by atoms with Gasteiger partial charge in [0.15, 0.2) is 0 Å². The number of nitrogens with zero attached hydrogens (tertiary/aromatic N) is 2. The summed E-state index contributed by atoms with van der Waals surface area (Å²) in [5.74, 6) is 0.208. The number of carbonyl (C=O) groups excluding carboxylic acids is 1. The lowest BCUT2D eigenvalue weighted by Crippen LogP contribution is -2.37. The highest BCUT2D eigenvalue weighted by Gasteiger charge is 2.27. The summed E-state index contributed by atoms with van der Waals surface area (Å²) in [6, 6.07) is 7.90. The maximum atomic E-state index is 12.5. The second kappa shape index (κ2) is 7.21. The molecule has 2 N–H and O–H groups in total.